The zero-order valence-corrected chi connectivity index (χ0v) is 32.0. The van der Waals surface area contributed by atoms with E-state index < -0.39 is 0 Å². The Bertz CT molecular complexity index is 1110. The summed E-state index contributed by atoms with van der Waals surface area (Å²) in [7, 11) is 0. The summed E-state index contributed by atoms with van der Waals surface area (Å²) >= 11 is 0. The summed E-state index contributed by atoms with van der Waals surface area (Å²) in [4.78, 5) is 9.78. The molecule has 0 fully saturated rings. The van der Waals surface area contributed by atoms with Gasteiger partial charge in [-0.3, -0.25) is 9.97 Å². The second-order valence-electron chi connectivity index (χ2n) is 12.2. The van der Waals surface area contributed by atoms with Crippen molar-refractivity contribution in [3.63, 3.8) is 0 Å². The molecule has 54 heavy (non-hydrogen) atoms. The minimum atomic E-state index is -0.255. The molecule has 0 aliphatic carbocycles. The van der Waals surface area contributed by atoms with Crippen LogP contribution in [0.3, 0.4) is 0 Å². The predicted octanol–water partition coefficient (Wildman–Crippen LogP) is 6.83. The quantitative estimate of drug-likeness (QED) is 0.263. The molecule has 12 nitrogen and oxygen atoms in total. The summed E-state index contributed by atoms with van der Waals surface area (Å²) in [5.74, 6) is 0. The van der Waals surface area contributed by atoms with Gasteiger partial charge in [-0.1, -0.05) is 36.4 Å². The molecule has 12 heteroatoms. The van der Waals surface area contributed by atoms with Crippen LogP contribution in [-0.2, 0) is 47.4 Å². The average molecular weight is 755 g/mol. The third-order valence-corrected chi connectivity index (χ3v) is 8.10. The van der Waals surface area contributed by atoms with E-state index in [0.717, 1.165) is 22.8 Å². The van der Waals surface area contributed by atoms with Gasteiger partial charge in [-0.2, -0.15) is 0 Å². The first kappa shape index (κ1) is 45.3. The van der Waals surface area contributed by atoms with E-state index >= 15 is 0 Å². The van der Waals surface area contributed by atoms with Crippen LogP contribution in [0.2, 0.25) is 0 Å². The number of ether oxygens (including phenoxy) is 10. The maximum absolute atomic E-state index is 6.15. The number of nitrogens with zero attached hydrogens (tertiary/aromatic N) is 2. The molecule has 0 N–H and O–H groups in total. The first-order valence-corrected chi connectivity index (χ1v) is 19.0. The van der Waals surface area contributed by atoms with Crippen LogP contribution in [0, 0.1) is 0 Å². The SMILES string of the molecule is C=CC[C@@H]1OCCOCCOCCOCCO[C@@H](CC=C)c2cccc(n2)[C@H](CC=C)OCCOCCOCCOCCO[C@@H](CC=C)c2cccc1n2. The van der Waals surface area contributed by atoms with Gasteiger partial charge in [0.05, 0.1) is 128 Å². The van der Waals surface area contributed by atoms with Crippen molar-refractivity contribution in [2.75, 3.05) is 106 Å². The van der Waals surface area contributed by atoms with Gasteiger partial charge in [0.25, 0.3) is 0 Å². The molecule has 300 valence electrons. The lowest BCUT2D eigenvalue weighted by molar-refractivity contribution is -0.0321. The normalized spacial score (nSPS) is 23.7. The maximum atomic E-state index is 6.15. The summed E-state index contributed by atoms with van der Waals surface area (Å²) in [6.07, 6.45) is 8.76. The molecule has 4 atom stereocenters. The van der Waals surface area contributed by atoms with E-state index in [4.69, 9.17) is 57.3 Å². The summed E-state index contributed by atoms with van der Waals surface area (Å²) in [6.45, 7) is 22.6. The van der Waals surface area contributed by atoms with Gasteiger partial charge in [0, 0.05) is 0 Å². The average Bonchev–Trinajstić information content (AvgIpc) is 3.19. The highest BCUT2D eigenvalue weighted by atomic mass is 16.6. The van der Waals surface area contributed by atoms with Crippen LogP contribution in [0.25, 0.3) is 0 Å². The van der Waals surface area contributed by atoms with E-state index in [1.165, 1.54) is 0 Å². The molecule has 1 aliphatic heterocycles. The highest BCUT2D eigenvalue weighted by Crippen LogP contribution is 2.26. The molecule has 0 radical (unpaired) electrons. The van der Waals surface area contributed by atoms with Gasteiger partial charge in [-0.15, -0.1) is 26.3 Å². The van der Waals surface area contributed by atoms with Gasteiger partial charge < -0.3 is 47.4 Å². The zero-order valence-electron chi connectivity index (χ0n) is 32.0. The Morgan fingerprint density at radius 1 is 0.370 bits per heavy atom. The number of rotatable bonds is 8. The number of aromatic nitrogens is 2. The maximum Gasteiger partial charge on any atom is 0.103 e. The van der Waals surface area contributed by atoms with Crippen molar-refractivity contribution in [3.05, 3.63) is 110 Å². The van der Waals surface area contributed by atoms with Crippen LogP contribution in [0.1, 0.15) is 72.9 Å². The molecule has 2 aromatic heterocycles. The first-order chi connectivity index (χ1) is 26.7. The minimum absolute atomic E-state index is 0.255. The van der Waals surface area contributed by atoms with Crippen LogP contribution in [-0.4, -0.2) is 116 Å². The third-order valence-electron chi connectivity index (χ3n) is 8.10. The molecule has 0 saturated carbocycles. The molecule has 1 aliphatic rings. The van der Waals surface area contributed by atoms with Crippen LogP contribution >= 0.6 is 0 Å². The van der Waals surface area contributed by atoms with Crippen LogP contribution in [0.4, 0.5) is 0 Å². The Balaban J connectivity index is 1.54. The van der Waals surface area contributed by atoms with Gasteiger partial charge >= 0.3 is 0 Å². The van der Waals surface area contributed by atoms with Crippen molar-refractivity contribution < 1.29 is 47.4 Å². The van der Waals surface area contributed by atoms with Crippen molar-refractivity contribution in [3.8, 4) is 0 Å². The molecule has 3 rings (SSSR count). The van der Waals surface area contributed by atoms with Crippen LogP contribution in [0.15, 0.2) is 87.0 Å². The highest BCUT2D eigenvalue weighted by Gasteiger charge is 2.19. The first-order valence-electron chi connectivity index (χ1n) is 19.0. The van der Waals surface area contributed by atoms with E-state index in [2.05, 4.69) is 26.3 Å². The Hall–Kier alpha value is -3.14. The number of pyridine rings is 2. The molecule has 4 bridgehead atoms. The van der Waals surface area contributed by atoms with Crippen LogP contribution < -0.4 is 0 Å². The molecule has 0 spiro atoms. The van der Waals surface area contributed by atoms with Gasteiger partial charge in [0.15, 0.2) is 0 Å². The molecular formula is C42H62N2O10. The zero-order chi connectivity index (χ0) is 38.3. The van der Waals surface area contributed by atoms with E-state index in [0.29, 0.717) is 131 Å². The van der Waals surface area contributed by atoms with Gasteiger partial charge in [0.1, 0.15) is 24.4 Å². The van der Waals surface area contributed by atoms with E-state index in [1.54, 1.807) is 0 Å². The highest BCUT2D eigenvalue weighted by molar-refractivity contribution is 5.18. The molecule has 3 heterocycles. The topological polar surface area (TPSA) is 118 Å². The Labute approximate surface area is 322 Å². The lowest BCUT2D eigenvalue weighted by Gasteiger charge is -2.20. The minimum Gasteiger partial charge on any atom is -0.377 e. The number of hydrogen-bond donors (Lipinski definition) is 0. The Morgan fingerprint density at radius 2 is 0.574 bits per heavy atom. The lowest BCUT2D eigenvalue weighted by Crippen LogP contribution is -2.17. The summed E-state index contributed by atoms with van der Waals surface area (Å²) in [6, 6.07) is 11.8. The van der Waals surface area contributed by atoms with Crippen molar-refractivity contribution in [2.45, 2.75) is 50.1 Å². The van der Waals surface area contributed by atoms with Gasteiger partial charge in [-0.05, 0) is 49.9 Å². The molecular weight excluding hydrogens is 692 g/mol. The summed E-state index contributed by atoms with van der Waals surface area (Å²) in [5, 5.41) is 0. The van der Waals surface area contributed by atoms with Crippen molar-refractivity contribution >= 4 is 0 Å². The second kappa shape index (κ2) is 30.1. The van der Waals surface area contributed by atoms with E-state index in [1.807, 2.05) is 60.7 Å². The fourth-order valence-electron chi connectivity index (χ4n) is 5.44. The third kappa shape index (κ3) is 18.9. The Morgan fingerprint density at radius 3 is 0.778 bits per heavy atom. The fourth-order valence-corrected chi connectivity index (χ4v) is 5.44. The summed E-state index contributed by atoms with van der Waals surface area (Å²) in [5.41, 5.74) is 3.24. The lowest BCUT2D eigenvalue weighted by atomic mass is 10.1. The fraction of sp³-hybridized carbons (Fsp3) is 0.571. The molecule has 2 aromatic rings. The second-order valence-corrected chi connectivity index (χ2v) is 12.2. The smallest absolute Gasteiger partial charge is 0.103 e. The van der Waals surface area contributed by atoms with Crippen molar-refractivity contribution in [1.82, 2.24) is 9.97 Å². The largest absolute Gasteiger partial charge is 0.377 e. The molecule has 0 aromatic carbocycles. The standard InChI is InChI=1S/C42H62N2O10/c1-5-11-39-35-15-9-16-36(43-35)40(12-6-2)52-32-28-48-25-21-46-22-26-50-30-34-54-42(14-8-4)38-18-10-17-37(44-38)41(13-7-3)53-33-29-49-24-20-45-19-23-47-27-31-51-39/h5-10,15-18,39-42H,1-4,11-14,19-34H2/t39-,40-,41-,42-/m0/s1. The summed E-state index contributed by atoms with van der Waals surface area (Å²) < 4.78 is 58.9. The monoisotopic (exact) mass is 754 g/mol. The number of fused-ring (bicyclic) bond motifs is 4. The van der Waals surface area contributed by atoms with Gasteiger partial charge in [-0.25, -0.2) is 0 Å². The van der Waals surface area contributed by atoms with Crippen LogP contribution in [0.5, 0.6) is 0 Å². The van der Waals surface area contributed by atoms with Crippen molar-refractivity contribution in [2.24, 2.45) is 0 Å². The van der Waals surface area contributed by atoms with Crippen molar-refractivity contribution in [1.29, 1.82) is 0 Å². The Kier molecular flexibility index (Phi) is 25.2. The predicted molar refractivity (Wildman–Crippen MR) is 207 cm³/mol. The molecule has 0 saturated heterocycles. The number of hydrogen-bond acceptors (Lipinski definition) is 12. The van der Waals surface area contributed by atoms with E-state index in [9.17, 15) is 0 Å². The molecule has 0 amide bonds. The van der Waals surface area contributed by atoms with E-state index in [-0.39, 0.29) is 24.4 Å². The molecule has 0 unspecified atom stereocenters. The van der Waals surface area contributed by atoms with Gasteiger partial charge in [0.2, 0.25) is 0 Å².